The topological polar surface area (TPSA) is 30.5 Å². The highest BCUT2D eigenvalue weighted by Crippen LogP contribution is 2.02. The highest BCUT2D eigenvalue weighted by Gasteiger charge is 2.06. The average Bonchev–Trinajstić information content (AvgIpc) is 2.45. The lowest BCUT2D eigenvalue weighted by molar-refractivity contribution is 0.0733. The van der Waals surface area contributed by atoms with E-state index in [0.717, 1.165) is 39.0 Å². The molecular weight excluding hydrogens is 238 g/mol. The Morgan fingerprint density at radius 2 is 1.95 bits per heavy atom. The van der Waals surface area contributed by atoms with Crippen LogP contribution in [0.15, 0.2) is 30.3 Å². The Morgan fingerprint density at radius 1 is 1.16 bits per heavy atom. The van der Waals surface area contributed by atoms with Gasteiger partial charge in [-0.05, 0) is 31.4 Å². The number of hydrogen-bond acceptors (Lipinski definition) is 3. The SMILES string of the molecule is CCCNC(COC)COCCCc1ccccc1. The molecule has 0 aliphatic carbocycles. The van der Waals surface area contributed by atoms with E-state index in [4.69, 9.17) is 9.47 Å². The monoisotopic (exact) mass is 265 g/mol. The third-order valence-corrected chi connectivity index (χ3v) is 2.97. The maximum absolute atomic E-state index is 5.72. The van der Waals surface area contributed by atoms with Gasteiger partial charge in [0.05, 0.1) is 19.3 Å². The fraction of sp³-hybridized carbons (Fsp3) is 0.625. The molecule has 1 rings (SSSR count). The molecule has 19 heavy (non-hydrogen) atoms. The van der Waals surface area contributed by atoms with Gasteiger partial charge >= 0.3 is 0 Å². The van der Waals surface area contributed by atoms with E-state index >= 15 is 0 Å². The lowest BCUT2D eigenvalue weighted by atomic mass is 10.1. The summed E-state index contributed by atoms with van der Waals surface area (Å²) in [5, 5.41) is 3.43. The molecular formula is C16H27NO2. The van der Waals surface area contributed by atoms with Crippen LogP contribution in [0.5, 0.6) is 0 Å². The molecule has 1 unspecified atom stereocenters. The van der Waals surface area contributed by atoms with Crippen molar-refractivity contribution < 1.29 is 9.47 Å². The van der Waals surface area contributed by atoms with Gasteiger partial charge in [0, 0.05) is 13.7 Å². The van der Waals surface area contributed by atoms with Gasteiger partial charge in [-0.15, -0.1) is 0 Å². The second-order valence-corrected chi connectivity index (χ2v) is 4.77. The molecule has 0 amide bonds. The van der Waals surface area contributed by atoms with Crippen LogP contribution in [0.4, 0.5) is 0 Å². The zero-order chi connectivity index (χ0) is 13.8. The van der Waals surface area contributed by atoms with Crippen molar-refractivity contribution in [2.45, 2.75) is 32.2 Å². The first-order valence-electron chi connectivity index (χ1n) is 7.20. The van der Waals surface area contributed by atoms with Crippen molar-refractivity contribution in [1.29, 1.82) is 0 Å². The van der Waals surface area contributed by atoms with E-state index in [-0.39, 0.29) is 0 Å². The Morgan fingerprint density at radius 3 is 2.63 bits per heavy atom. The van der Waals surface area contributed by atoms with Crippen molar-refractivity contribution in [1.82, 2.24) is 5.32 Å². The van der Waals surface area contributed by atoms with Crippen LogP contribution in [-0.2, 0) is 15.9 Å². The van der Waals surface area contributed by atoms with E-state index in [9.17, 15) is 0 Å². The Hall–Kier alpha value is -0.900. The summed E-state index contributed by atoms with van der Waals surface area (Å²) < 4.78 is 10.9. The quantitative estimate of drug-likeness (QED) is 0.624. The van der Waals surface area contributed by atoms with Crippen molar-refractivity contribution in [3.8, 4) is 0 Å². The largest absolute Gasteiger partial charge is 0.383 e. The molecule has 1 N–H and O–H groups in total. The highest BCUT2D eigenvalue weighted by atomic mass is 16.5. The molecule has 0 saturated carbocycles. The summed E-state index contributed by atoms with van der Waals surface area (Å²) in [5.74, 6) is 0. The molecule has 1 aromatic carbocycles. The van der Waals surface area contributed by atoms with Crippen LogP contribution in [-0.4, -0.2) is 39.5 Å². The van der Waals surface area contributed by atoms with Gasteiger partial charge in [0.25, 0.3) is 0 Å². The lowest BCUT2D eigenvalue weighted by Gasteiger charge is -2.17. The minimum atomic E-state index is 0.307. The molecule has 0 aliphatic heterocycles. The number of nitrogens with one attached hydrogen (secondary N) is 1. The predicted octanol–water partition coefficient (Wildman–Crippen LogP) is 2.65. The molecule has 3 heteroatoms. The summed E-state index contributed by atoms with van der Waals surface area (Å²) in [5.41, 5.74) is 1.38. The third-order valence-electron chi connectivity index (χ3n) is 2.97. The van der Waals surface area contributed by atoms with Gasteiger partial charge in [0.1, 0.15) is 0 Å². The van der Waals surface area contributed by atoms with Gasteiger partial charge in [-0.25, -0.2) is 0 Å². The molecule has 3 nitrogen and oxygen atoms in total. The van der Waals surface area contributed by atoms with E-state index < -0.39 is 0 Å². The number of hydrogen-bond donors (Lipinski definition) is 1. The summed E-state index contributed by atoms with van der Waals surface area (Å²) in [6, 6.07) is 10.8. The molecule has 1 aromatic rings. The van der Waals surface area contributed by atoms with Gasteiger partial charge in [-0.2, -0.15) is 0 Å². The van der Waals surface area contributed by atoms with Crippen molar-refractivity contribution >= 4 is 0 Å². The van der Waals surface area contributed by atoms with Crippen LogP contribution in [0.3, 0.4) is 0 Å². The van der Waals surface area contributed by atoms with Gasteiger partial charge in [0.15, 0.2) is 0 Å². The molecule has 0 fully saturated rings. The normalized spacial score (nSPS) is 12.5. The van der Waals surface area contributed by atoms with Crippen LogP contribution < -0.4 is 5.32 Å². The average molecular weight is 265 g/mol. The minimum Gasteiger partial charge on any atom is -0.383 e. The van der Waals surface area contributed by atoms with Crippen molar-refractivity contribution in [2.24, 2.45) is 0 Å². The van der Waals surface area contributed by atoms with Crippen molar-refractivity contribution in [3.05, 3.63) is 35.9 Å². The summed E-state index contributed by atoms with van der Waals surface area (Å²) in [7, 11) is 1.73. The molecule has 0 aromatic heterocycles. The van der Waals surface area contributed by atoms with Crippen LogP contribution in [0.2, 0.25) is 0 Å². The fourth-order valence-electron chi connectivity index (χ4n) is 1.96. The van der Waals surface area contributed by atoms with Crippen LogP contribution in [0, 0.1) is 0 Å². The van der Waals surface area contributed by atoms with E-state index in [2.05, 4.69) is 42.6 Å². The number of aryl methyl sites for hydroxylation is 1. The van der Waals surface area contributed by atoms with Crippen LogP contribution in [0.25, 0.3) is 0 Å². The summed E-state index contributed by atoms with van der Waals surface area (Å²) in [4.78, 5) is 0. The van der Waals surface area contributed by atoms with Crippen molar-refractivity contribution in [3.63, 3.8) is 0 Å². The lowest BCUT2D eigenvalue weighted by Crippen LogP contribution is -2.37. The highest BCUT2D eigenvalue weighted by molar-refractivity contribution is 5.14. The Kier molecular flexibility index (Phi) is 9.33. The predicted molar refractivity (Wildman–Crippen MR) is 79.5 cm³/mol. The second kappa shape index (κ2) is 11.0. The number of ether oxygens (including phenoxy) is 2. The molecule has 0 radical (unpaired) electrons. The van der Waals surface area contributed by atoms with Gasteiger partial charge in [0.2, 0.25) is 0 Å². The Balaban J connectivity index is 2.07. The first-order chi connectivity index (χ1) is 9.36. The number of rotatable bonds is 11. The van der Waals surface area contributed by atoms with Gasteiger partial charge < -0.3 is 14.8 Å². The van der Waals surface area contributed by atoms with Gasteiger partial charge in [-0.1, -0.05) is 37.3 Å². The van der Waals surface area contributed by atoms with Crippen LogP contribution >= 0.6 is 0 Å². The molecule has 0 saturated heterocycles. The van der Waals surface area contributed by atoms with Gasteiger partial charge in [-0.3, -0.25) is 0 Å². The molecule has 0 spiro atoms. The van der Waals surface area contributed by atoms with Crippen molar-refractivity contribution in [2.75, 3.05) is 33.5 Å². The third kappa shape index (κ3) is 7.98. The fourth-order valence-corrected chi connectivity index (χ4v) is 1.96. The van der Waals surface area contributed by atoms with E-state index in [0.29, 0.717) is 12.6 Å². The number of methoxy groups -OCH3 is 1. The molecule has 0 aliphatic rings. The van der Waals surface area contributed by atoms with Crippen LogP contribution in [0.1, 0.15) is 25.3 Å². The van der Waals surface area contributed by atoms with E-state index in [1.54, 1.807) is 7.11 Å². The Labute approximate surface area is 117 Å². The zero-order valence-corrected chi connectivity index (χ0v) is 12.2. The number of benzene rings is 1. The van der Waals surface area contributed by atoms with E-state index in [1.807, 2.05) is 0 Å². The Bertz CT molecular complexity index is 303. The van der Waals surface area contributed by atoms with E-state index in [1.165, 1.54) is 5.56 Å². The minimum absolute atomic E-state index is 0.307. The second-order valence-electron chi connectivity index (χ2n) is 4.77. The molecule has 1 atom stereocenters. The first kappa shape index (κ1) is 16.2. The molecule has 0 bridgehead atoms. The molecule has 0 heterocycles. The summed E-state index contributed by atoms with van der Waals surface area (Å²) in [6.45, 7) is 5.42. The summed E-state index contributed by atoms with van der Waals surface area (Å²) in [6.07, 6.45) is 3.28. The maximum Gasteiger partial charge on any atom is 0.0642 e. The zero-order valence-electron chi connectivity index (χ0n) is 12.2. The molecule has 108 valence electrons. The smallest absolute Gasteiger partial charge is 0.0642 e. The first-order valence-corrected chi connectivity index (χ1v) is 7.20. The standard InChI is InChI=1S/C16H27NO2/c1-3-11-17-16(13-18-2)14-19-12-7-10-15-8-5-4-6-9-15/h4-6,8-9,16-17H,3,7,10-14H2,1-2H3. The summed E-state index contributed by atoms with van der Waals surface area (Å²) >= 11 is 0. The maximum atomic E-state index is 5.72.